The van der Waals surface area contributed by atoms with Gasteiger partial charge in [-0.3, -0.25) is 4.79 Å². The quantitative estimate of drug-likeness (QED) is 0.612. The number of hydrogen-bond donors (Lipinski definition) is 2. The summed E-state index contributed by atoms with van der Waals surface area (Å²) in [5, 5.41) is 15.1. The van der Waals surface area contributed by atoms with Crippen LogP contribution in [0.4, 0.5) is 0 Å². The van der Waals surface area contributed by atoms with E-state index < -0.39 is 12.0 Å². The molecule has 0 aliphatic heterocycles. The first-order valence-electron chi connectivity index (χ1n) is 3.01. The third-order valence-electron chi connectivity index (χ3n) is 1.24. The first-order chi connectivity index (χ1) is 5.66. The van der Waals surface area contributed by atoms with Crippen LogP contribution >= 0.6 is 0 Å². The zero-order valence-electron chi connectivity index (χ0n) is 6.22. The monoisotopic (exact) mass is 173 g/mol. The van der Waals surface area contributed by atoms with E-state index in [2.05, 4.69) is 19.7 Å². The van der Waals surface area contributed by atoms with E-state index in [4.69, 9.17) is 10.8 Å². The number of ether oxygens (including phenoxy) is 1. The molecule has 0 saturated carbocycles. The number of aromatic nitrogens is 2. The number of aliphatic carboxylic acids is 1. The molecule has 1 aromatic heterocycles. The highest BCUT2D eigenvalue weighted by molar-refractivity contribution is 5.75. The average molecular weight is 173 g/mol. The summed E-state index contributed by atoms with van der Waals surface area (Å²) in [4.78, 5) is 10.4. The lowest BCUT2D eigenvalue weighted by Crippen LogP contribution is -2.21. The highest BCUT2D eigenvalue weighted by Gasteiger charge is 2.24. The summed E-state index contributed by atoms with van der Waals surface area (Å²) < 4.78 is 8.89. The SMILES string of the molecule is COc1nonc1C(N)C(=O)O. The summed E-state index contributed by atoms with van der Waals surface area (Å²) in [6.45, 7) is 0. The highest BCUT2D eigenvalue weighted by Crippen LogP contribution is 2.18. The molecule has 1 unspecified atom stereocenters. The predicted molar refractivity (Wildman–Crippen MR) is 35.4 cm³/mol. The second kappa shape index (κ2) is 3.18. The van der Waals surface area contributed by atoms with Crippen LogP contribution in [0.25, 0.3) is 0 Å². The van der Waals surface area contributed by atoms with Gasteiger partial charge in [-0.2, -0.15) is 0 Å². The molecule has 0 amide bonds. The molecule has 1 aromatic rings. The molecule has 7 nitrogen and oxygen atoms in total. The summed E-state index contributed by atoms with van der Waals surface area (Å²) in [7, 11) is 1.32. The van der Waals surface area contributed by atoms with Gasteiger partial charge >= 0.3 is 5.97 Å². The first-order valence-corrected chi connectivity index (χ1v) is 3.01. The van der Waals surface area contributed by atoms with Gasteiger partial charge in [0.1, 0.15) is 0 Å². The maximum atomic E-state index is 10.4. The van der Waals surface area contributed by atoms with E-state index in [1.54, 1.807) is 0 Å². The number of hydrogen-bond acceptors (Lipinski definition) is 6. The summed E-state index contributed by atoms with van der Waals surface area (Å²) in [5.74, 6) is -1.23. The second-order valence-electron chi connectivity index (χ2n) is 1.97. The fraction of sp³-hybridized carbons (Fsp3) is 0.400. The molecule has 1 heterocycles. The molecule has 0 aliphatic carbocycles. The fourth-order valence-electron chi connectivity index (χ4n) is 0.636. The third kappa shape index (κ3) is 1.35. The number of carboxylic acid groups (broad SMARTS) is 1. The van der Waals surface area contributed by atoms with Gasteiger partial charge in [-0.1, -0.05) is 0 Å². The van der Waals surface area contributed by atoms with Crippen molar-refractivity contribution in [1.29, 1.82) is 0 Å². The molecular formula is C5H7N3O4. The summed E-state index contributed by atoms with van der Waals surface area (Å²) in [6, 6.07) is -1.27. The van der Waals surface area contributed by atoms with Crippen LogP contribution in [0, 0.1) is 0 Å². The Morgan fingerprint density at radius 3 is 2.92 bits per heavy atom. The van der Waals surface area contributed by atoms with Crippen LogP contribution in [0.3, 0.4) is 0 Å². The van der Waals surface area contributed by atoms with Gasteiger partial charge in [0.25, 0.3) is 5.88 Å². The normalized spacial score (nSPS) is 12.5. The molecule has 0 spiro atoms. The zero-order valence-corrected chi connectivity index (χ0v) is 6.22. The molecule has 3 N–H and O–H groups in total. The third-order valence-corrected chi connectivity index (χ3v) is 1.24. The summed E-state index contributed by atoms with van der Waals surface area (Å²) in [6.07, 6.45) is 0. The van der Waals surface area contributed by atoms with E-state index in [0.717, 1.165) is 0 Å². The number of nitrogens with zero attached hydrogens (tertiary/aromatic N) is 2. The van der Waals surface area contributed by atoms with Crippen molar-refractivity contribution in [3.05, 3.63) is 5.69 Å². The van der Waals surface area contributed by atoms with E-state index in [1.807, 2.05) is 0 Å². The zero-order chi connectivity index (χ0) is 9.14. The minimum absolute atomic E-state index is 0.00935. The van der Waals surface area contributed by atoms with Crippen molar-refractivity contribution < 1.29 is 19.3 Å². The lowest BCUT2D eigenvalue weighted by Gasteiger charge is -2.01. The average Bonchev–Trinajstić information content (AvgIpc) is 2.49. The summed E-state index contributed by atoms with van der Waals surface area (Å²) in [5.41, 5.74) is 5.19. The highest BCUT2D eigenvalue weighted by atomic mass is 16.6. The standard InChI is InChI=1S/C5H7N3O4/c1-11-4-3(7-12-8-4)2(6)5(9)10/h2H,6H2,1H3,(H,9,10). The Labute approximate surface area is 67.1 Å². The lowest BCUT2D eigenvalue weighted by atomic mass is 10.2. The predicted octanol–water partition coefficient (Wildman–Crippen LogP) is -0.837. The van der Waals surface area contributed by atoms with Gasteiger partial charge in [0.05, 0.1) is 7.11 Å². The fourth-order valence-corrected chi connectivity index (χ4v) is 0.636. The molecule has 0 fully saturated rings. The Bertz CT molecular complexity index is 284. The number of nitrogens with two attached hydrogens (primary N) is 1. The van der Waals surface area contributed by atoms with Crippen molar-refractivity contribution >= 4 is 5.97 Å². The van der Waals surface area contributed by atoms with Gasteiger partial charge < -0.3 is 15.6 Å². The maximum Gasteiger partial charge on any atom is 0.327 e. The van der Waals surface area contributed by atoms with Crippen molar-refractivity contribution in [2.24, 2.45) is 5.73 Å². The Morgan fingerprint density at radius 1 is 1.75 bits per heavy atom. The smallest absolute Gasteiger partial charge is 0.327 e. The molecular weight excluding hydrogens is 166 g/mol. The van der Waals surface area contributed by atoms with Gasteiger partial charge in [-0.05, 0) is 10.3 Å². The Balaban J connectivity index is 2.93. The van der Waals surface area contributed by atoms with Crippen LogP contribution in [-0.4, -0.2) is 28.5 Å². The molecule has 12 heavy (non-hydrogen) atoms. The van der Waals surface area contributed by atoms with Gasteiger partial charge in [0, 0.05) is 0 Å². The second-order valence-corrected chi connectivity index (χ2v) is 1.97. The van der Waals surface area contributed by atoms with Crippen LogP contribution in [0.2, 0.25) is 0 Å². The van der Waals surface area contributed by atoms with Gasteiger partial charge in [-0.25, -0.2) is 4.63 Å². The minimum Gasteiger partial charge on any atom is -0.480 e. The van der Waals surface area contributed by atoms with Crippen LogP contribution in [0.5, 0.6) is 5.88 Å². The number of methoxy groups -OCH3 is 1. The number of rotatable bonds is 3. The van der Waals surface area contributed by atoms with Gasteiger partial charge in [0.15, 0.2) is 11.7 Å². The summed E-state index contributed by atoms with van der Waals surface area (Å²) >= 11 is 0. The van der Waals surface area contributed by atoms with Crippen molar-refractivity contribution in [2.45, 2.75) is 6.04 Å². The van der Waals surface area contributed by atoms with Crippen LogP contribution in [0.15, 0.2) is 4.63 Å². The molecule has 0 radical (unpaired) electrons. The maximum absolute atomic E-state index is 10.4. The molecule has 1 rings (SSSR count). The van der Waals surface area contributed by atoms with E-state index >= 15 is 0 Å². The van der Waals surface area contributed by atoms with Crippen molar-refractivity contribution in [1.82, 2.24) is 10.3 Å². The number of carbonyl (C=O) groups is 1. The van der Waals surface area contributed by atoms with E-state index in [-0.39, 0.29) is 11.6 Å². The Morgan fingerprint density at radius 2 is 2.42 bits per heavy atom. The number of carboxylic acids is 1. The Kier molecular flexibility index (Phi) is 2.24. The molecule has 7 heteroatoms. The first kappa shape index (κ1) is 8.47. The molecule has 1 atom stereocenters. The molecule has 0 aliphatic rings. The van der Waals surface area contributed by atoms with Crippen molar-refractivity contribution in [3.63, 3.8) is 0 Å². The van der Waals surface area contributed by atoms with Crippen LogP contribution in [-0.2, 0) is 4.79 Å². The van der Waals surface area contributed by atoms with E-state index in [9.17, 15) is 4.79 Å². The largest absolute Gasteiger partial charge is 0.480 e. The molecule has 0 aromatic carbocycles. The topological polar surface area (TPSA) is 111 Å². The minimum atomic E-state index is -1.27. The molecule has 66 valence electrons. The van der Waals surface area contributed by atoms with Gasteiger partial charge in [-0.15, -0.1) is 0 Å². The van der Waals surface area contributed by atoms with E-state index in [0.29, 0.717) is 0 Å². The molecule has 0 saturated heterocycles. The lowest BCUT2D eigenvalue weighted by molar-refractivity contribution is -0.138. The van der Waals surface area contributed by atoms with Gasteiger partial charge in [0.2, 0.25) is 0 Å². The van der Waals surface area contributed by atoms with E-state index in [1.165, 1.54) is 7.11 Å². The van der Waals surface area contributed by atoms with Crippen LogP contribution < -0.4 is 10.5 Å². The van der Waals surface area contributed by atoms with Crippen molar-refractivity contribution in [2.75, 3.05) is 7.11 Å². The molecule has 0 bridgehead atoms. The van der Waals surface area contributed by atoms with Crippen LogP contribution in [0.1, 0.15) is 11.7 Å². The van der Waals surface area contributed by atoms with Crippen molar-refractivity contribution in [3.8, 4) is 5.88 Å². The Hall–Kier alpha value is -1.63.